The van der Waals surface area contributed by atoms with E-state index in [4.69, 9.17) is 16.6 Å². The zero-order valence-corrected chi connectivity index (χ0v) is 17.9. The lowest BCUT2D eigenvalue weighted by molar-refractivity contribution is -0.121. The molecule has 0 radical (unpaired) electrons. The van der Waals surface area contributed by atoms with Gasteiger partial charge in [-0.3, -0.25) is 4.79 Å². The molecular formula is C23H19ClN2OS2. The average molecular weight is 439 g/mol. The van der Waals surface area contributed by atoms with Crippen molar-refractivity contribution in [3.8, 4) is 9.88 Å². The monoisotopic (exact) mass is 438 g/mol. The minimum atomic E-state index is -0.197. The number of thiophene rings is 1. The van der Waals surface area contributed by atoms with Gasteiger partial charge in [-0.25, -0.2) is 4.98 Å². The van der Waals surface area contributed by atoms with Gasteiger partial charge in [-0.2, -0.15) is 0 Å². The number of rotatable bonds is 7. The fraction of sp³-hybridized carbons (Fsp3) is 0.130. The van der Waals surface area contributed by atoms with Gasteiger partial charge in [-0.15, -0.1) is 22.7 Å². The van der Waals surface area contributed by atoms with Crippen molar-refractivity contribution in [3.05, 3.63) is 99.3 Å². The minimum Gasteiger partial charge on any atom is -0.347 e. The number of halogens is 1. The van der Waals surface area contributed by atoms with Crippen LogP contribution in [0.3, 0.4) is 0 Å². The Labute approximate surface area is 183 Å². The Kier molecular flexibility index (Phi) is 6.39. The lowest BCUT2D eigenvalue weighted by atomic mass is 10.0. The summed E-state index contributed by atoms with van der Waals surface area (Å²) in [6, 6.07) is 21.5. The Bertz CT molecular complexity index is 1080. The molecule has 4 rings (SSSR count). The van der Waals surface area contributed by atoms with Crippen molar-refractivity contribution in [2.75, 3.05) is 0 Å². The fourth-order valence-corrected chi connectivity index (χ4v) is 4.99. The smallest absolute Gasteiger partial charge is 0.225 e. The second kappa shape index (κ2) is 9.35. The zero-order valence-electron chi connectivity index (χ0n) is 15.5. The van der Waals surface area contributed by atoms with Crippen molar-refractivity contribution in [3.63, 3.8) is 0 Å². The Balaban J connectivity index is 1.55. The van der Waals surface area contributed by atoms with Crippen LogP contribution in [0.4, 0.5) is 0 Å². The van der Waals surface area contributed by atoms with Crippen LogP contribution in [-0.2, 0) is 17.6 Å². The number of carbonyl (C=O) groups is 1. The lowest BCUT2D eigenvalue weighted by Gasteiger charge is -2.17. The van der Waals surface area contributed by atoms with E-state index in [1.54, 1.807) is 28.7 Å². The van der Waals surface area contributed by atoms with Crippen LogP contribution in [0.25, 0.3) is 9.88 Å². The summed E-state index contributed by atoms with van der Waals surface area (Å²) in [7, 11) is 0. The molecule has 0 saturated heterocycles. The van der Waals surface area contributed by atoms with Crippen molar-refractivity contribution >= 4 is 40.2 Å². The van der Waals surface area contributed by atoms with E-state index in [9.17, 15) is 4.79 Å². The van der Waals surface area contributed by atoms with Crippen LogP contribution in [0.2, 0.25) is 5.02 Å². The summed E-state index contributed by atoms with van der Waals surface area (Å²) in [4.78, 5) is 18.7. The van der Waals surface area contributed by atoms with Crippen LogP contribution in [0.5, 0.6) is 0 Å². The molecule has 0 aliphatic heterocycles. The number of aromatic nitrogens is 1. The molecule has 2 aromatic heterocycles. The van der Waals surface area contributed by atoms with Gasteiger partial charge in [0, 0.05) is 10.4 Å². The predicted molar refractivity (Wildman–Crippen MR) is 122 cm³/mol. The molecule has 0 aliphatic rings. The molecule has 4 aromatic rings. The van der Waals surface area contributed by atoms with Gasteiger partial charge in [0.15, 0.2) is 0 Å². The van der Waals surface area contributed by atoms with Crippen molar-refractivity contribution in [2.45, 2.75) is 18.9 Å². The molecule has 0 aliphatic carbocycles. The fourth-order valence-electron chi connectivity index (χ4n) is 3.10. The van der Waals surface area contributed by atoms with Crippen LogP contribution < -0.4 is 5.32 Å². The summed E-state index contributed by atoms with van der Waals surface area (Å²) in [5, 5.41) is 8.84. The maximum atomic E-state index is 12.8. The normalized spacial score (nSPS) is 11.9. The molecule has 0 unspecified atom stereocenters. The first-order valence-electron chi connectivity index (χ1n) is 9.25. The Hall–Kier alpha value is -2.47. The first-order valence-corrected chi connectivity index (χ1v) is 11.4. The van der Waals surface area contributed by atoms with Gasteiger partial charge in [0.1, 0.15) is 5.01 Å². The lowest BCUT2D eigenvalue weighted by Crippen LogP contribution is -2.31. The molecule has 2 aromatic carbocycles. The number of thiazole rings is 1. The second-order valence-electron chi connectivity index (χ2n) is 6.63. The van der Waals surface area contributed by atoms with Gasteiger partial charge in [0.05, 0.1) is 23.0 Å². The third-order valence-corrected chi connectivity index (χ3v) is 6.81. The molecule has 0 fully saturated rings. The topological polar surface area (TPSA) is 42.0 Å². The van der Waals surface area contributed by atoms with Gasteiger partial charge < -0.3 is 5.32 Å². The number of benzene rings is 2. The Morgan fingerprint density at radius 2 is 1.79 bits per heavy atom. The number of nitrogens with zero attached hydrogens (tertiary/aromatic N) is 1. The van der Waals surface area contributed by atoms with E-state index in [2.05, 4.69) is 23.5 Å². The van der Waals surface area contributed by atoms with E-state index in [1.807, 2.05) is 53.2 Å². The van der Waals surface area contributed by atoms with Crippen LogP contribution in [0.1, 0.15) is 22.9 Å². The van der Waals surface area contributed by atoms with Gasteiger partial charge in [0.25, 0.3) is 0 Å². The van der Waals surface area contributed by atoms with Crippen molar-refractivity contribution < 1.29 is 4.79 Å². The van der Waals surface area contributed by atoms with Gasteiger partial charge >= 0.3 is 0 Å². The molecule has 1 N–H and O–H groups in total. The quantitative estimate of drug-likeness (QED) is 0.375. The number of carbonyl (C=O) groups excluding carboxylic acids is 1. The SMILES string of the molecule is O=C(Cc1ccccc1Cl)N[C@@H](Cc1ccccc1)c1csc(-c2cccs2)n1. The Morgan fingerprint density at radius 1 is 1.00 bits per heavy atom. The van der Waals surface area contributed by atoms with E-state index in [0.717, 1.165) is 26.7 Å². The summed E-state index contributed by atoms with van der Waals surface area (Å²) in [5.74, 6) is -0.0651. The van der Waals surface area contributed by atoms with Crippen molar-refractivity contribution in [2.24, 2.45) is 0 Å². The van der Waals surface area contributed by atoms with Crippen molar-refractivity contribution in [1.82, 2.24) is 10.3 Å². The van der Waals surface area contributed by atoms with E-state index in [-0.39, 0.29) is 18.4 Å². The molecule has 0 spiro atoms. The van der Waals surface area contributed by atoms with E-state index < -0.39 is 0 Å². The standard InChI is InChI=1S/C23H19ClN2OS2/c24-18-10-5-4-9-17(18)14-22(27)25-19(13-16-7-2-1-3-8-16)20-15-29-23(26-20)21-11-6-12-28-21/h1-12,15,19H,13-14H2,(H,25,27)/t19-/m0/s1. The first kappa shape index (κ1) is 19.8. The second-order valence-corrected chi connectivity index (χ2v) is 8.85. The third-order valence-electron chi connectivity index (χ3n) is 4.54. The molecular weight excluding hydrogens is 420 g/mol. The van der Waals surface area contributed by atoms with Crippen LogP contribution in [-0.4, -0.2) is 10.9 Å². The summed E-state index contributed by atoms with van der Waals surface area (Å²) < 4.78 is 0. The minimum absolute atomic E-state index is 0.0651. The molecule has 6 heteroatoms. The van der Waals surface area contributed by atoms with Crippen LogP contribution >= 0.6 is 34.3 Å². The number of amides is 1. The highest BCUT2D eigenvalue weighted by atomic mass is 35.5. The summed E-state index contributed by atoms with van der Waals surface area (Å²) in [5.41, 5.74) is 2.86. The molecule has 3 nitrogen and oxygen atoms in total. The van der Waals surface area contributed by atoms with E-state index in [1.165, 1.54) is 0 Å². The third kappa shape index (κ3) is 5.12. The van der Waals surface area contributed by atoms with Gasteiger partial charge in [-0.1, -0.05) is 66.2 Å². The molecule has 29 heavy (non-hydrogen) atoms. The highest BCUT2D eigenvalue weighted by molar-refractivity contribution is 7.20. The number of hydrogen-bond acceptors (Lipinski definition) is 4. The summed E-state index contributed by atoms with van der Waals surface area (Å²) in [6.45, 7) is 0. The first-order chi connectivity index (χ1) is 14.2. The number of hydrogen-bond donors (Lipinski definition) is 1. The number of nitrogens with one attached hydrogen (secondary N) is 1. The molecule has 1 atom stereocenters. The largest absolute Gasteiger partial charge is 0.347 e. The van der Waals surface area contributed by atoms with E-state index >= 15 is 0 Å². The Morgan fingerprint density at radius 3 is 2.55 bits per heavy atom. The maximum Gasteiger partial charge on any atom is 0.225 e. The highest BCUT2D eigenvalue weighted by Crippen LogP contribution is 2.30. The molecule has 146 valence electrons. The van der Waals surface area contributed by atoms with Gasteiger partial charge in [-0.05, 0) is 35.1 Å². The highest BCUT2D eigenvalue weighted by Gasteiger charge is 2.20. The van der Waals surface area contributed by atoms with Crippen LogP contribution in [0, 0.1) is 0 Å². The van der Waals surface area contributed by atoms with Crippen molar-refractivity contribution in [1.29, 1.82) is 0 Å². The van der Waals surface area contributed by atoms with Crippen LogP contribution in [0.15, 0.2) is 77.5 Å². The van der Waals surface area contributed by atoms with Gasteiger partial charge in [0.2, 0.25) is 5.91 Å². The van der Waals surface area contributed by atoms with E-state index in [0.29, 0.717) is 11.4 Å². The predicted octanol–water partition coefficient (Wildman–Crippen LogP) is 6.17. The summed E-state index contributed by atoms with van der Waals surface area (Å²) in [6.07, 6.45) is 0.926. The zero-order chi connectivity index (χ0) is 20.1. The molecule has 2 heterocycles. The summed E-state index contributed by atoms with van der Waals surface area (Å²) >= 11 is 9.50. The molecule has 1 amide bonds. The average Bonchev–Trinajstić information content (AvgIpc) is 3.42. The molecule has 0 saturated carbocycles. The molecule has 0 bridgehead atoms. The maximum absolute atomic E-state index is 12.8.